The third-order valence-electron chi connectivity index (χ3n) is 2.88. The van der Waals surface area contributed by atoms with Crippen molar-refractivity contribution in [2.24, 2.45) is 7.05 Å². The molecule has 0 amide bonds. The van der Waals surface area contributed by atoms with E-state index in [0.717, 1.165) is 5.56 Å². The first-order valence-corrected chi connectivity index (χ1v) is 6.13. The average molecular weight is 259 g/mol. The number of hydrogen-bond donors (Lipinski definition) is 1. The largest absolute Gasteiger partial charge is 0.395 e. The number of rotatable bonds is 5. The van der Waals surface area contributed by atoms with E-state index in [-0.39, 0.29) is 12.2 Å². The molecule has 19 heavy (non-hydrogen) atoms. The van der Waals surface area contributed by atoms with Crippen molar-refractivity contribution in [2.45, 2.75) is 6.54 Å². The van der Waals surface area contributed by atoms with Gasteiger partial charge in [-0.25, -0.2) is 4.98 Å². The zero-order valence-electron chi connectivity index (χ0n) is 10.9. The van der Waals surface area contributed by atoms with Gasteiger partial charge in [-0.3, -0.25) is 4.79 Å². The Balaban J connectivity index is 2.30. The molecule has 0 unspecified atom stereocenters. The fourth-order valence-corrected chi connectivity index (χ4v) is 1.89. The van der Waals surface area contributed by atoms with Crippen molar-refractivity contribution in [3.8, 4) is 0 Å². The van der Waals surface area contributed by atoms with Gasteiger partial charge in [0.25, 0.3) is 5.56 Å². The minimum absolute atomic E-state index is 0.0213. The smallest absolute Gasteiger partial charge is 0.293 e. The van der Waals surface area contributed by atoms with Crippen molar-refractivity contribution < 1.29 is 5.11 Å². The van der Waals surface area contributed by atoms with Gasteiger partial charge in [0.2, 0.25) is 0 Å². The molecular formula is C14H17N3O2. The summed E-state index contributed by atoms with van der Waals surface area (Å²) in [5, 5.41) is 9.16. The van der Waals surface area contributed by atoms with Gasteiger partial charge in [0.1, 0.15) is 0 Å². The zero-order chi connectivity index (χ0) is 13.7. The standard InChI is InChI=1S/C14H17N3O2/c1-16-8-7-15-13(14(16)19)17(9-10-18)11-12-5-3-2-4-6-12/h2-8,18H,9-11H2,1H3. The molecule has 0 fully saturated rings. The third-order valence-corrected chi connectivity index (χ3v) is 2.88. The summed E-state index contributed by atoms with van der Waals surface area (Å²) in [6.07, 6.45) is 3.21. The lowest BCUT2D eigenvalue weighted by Gasteiger charge is -2.22. The number of benzene rings is 1. The maximum Gasteiger partial charge on any atom is 0.293 e. The summed E-state index contributed by atoms with van der Waals surface area (Å²) in [5.41, 5.74) is 0.913. The second-order valence-electron chi connectivity index (χ2n) is 4.30. The van der Waals surface area contributed by atoms with Crippen molar-refractivity contribution in [1.29, 1.82) is 0 Å². The number of aryl methyl sites for hydroxylation is 1. The molecule has 0 spiro atoms. The minimum Gasteiger partial charge on any atom is -0.395 e. The van der Waals surface area contributed by atoms with E-state index in [1.165, 1.54) is 4.57 Å². The molecule has 0 saturated heterocycles. The molecule has 0 saturated carbocycles. The molecule has 1 aromatic carbocycles. The minimum atomic E-state index is -0.160. The molecule has 5 heteroatoms. The van der Waals surface area contributed by atoms with Gasteiger partial charge in [0.05, 0.1) is 6.61 Å². The second kappa shape index (κ2) is 6.15. The summed E-state index contributed by atoms with van der Waals surface area (Å²) < 4.78 is 1.48. The molecular weight excluding hydrogens is 242 g/mol. The lowest BCUT2D eigenvalue weighted by Crippen LogP contribution is -2.34. The third kappa shape index (κ3) is 3.20. The molecule has 2 aromatic rings. The van der Waals surface area contributed by atoms with Crippen molar-refractivity contribution in [2.75, 3.05) is 18.1 Å². The van der Waals surface area contributed by atoms with Crippen molar-refractivity contribution in [3.63, 3.8) is 0 Å². The molecule has 0 radical (unpaired) electrons. The molecule has 0 aliphatic rings. The SMILES string of the molecule is Cn1ccnc(N(CCO)Cc2ccccc2)c1=O. The second-order valence-corrected chi connectivity index (χ2v) is 4.30. The first-order chi connectivity index (χ1) is 9.22. The maximum atomic E-state index is 12.1. The lowest BCUT2D eigenvalue weighted by molar-refractivity contribution is 0.301. The summed E-state index contributed by atoms with van der Waals surface area (Å²) in [6.45, 7) is 0.904. The van der Waals surface area contributed by atoms with Crippen LogP contribution in [-0.4, -0.2) is 27.8 Å². The van der Waals surface area contributed by atoms with E-state index in [2.05, 4.69) is 4.98 Å². The quantitative estimate of drug-likeness (QED) is 0.862. The predicted molar refractivity (Wildman–Crippen MR) is 74.1 cm³/mol. The molecule has 0 aliphatic carbocycles. The molecule has 0 atom stereocenters. The lowest BCUT2D eigenvalue weighted by atomic mass is 10.2. The Morgan fingerprint density at radius 1 is 1.32 bits per heavy atom. The Morgan fingerprint density at radius 3 is 2.74 bits per heavy atom. The highest BCUT2D eigenvalue weighted by Crippen LogP contribution is 2.09. The van der Waals surface area contributed by atoms with E-state index in [4.69, 9.17) is 5.11 Å². The maximum absolute atomic E-state index is 12.1. The van der Waals surface area contributed by atoms with Gasteiger partial charge in [-0.2, -0.15) is 0 Å². The Labute approximate surface area is 111 Å². The first kappa shape index (κ1) is 13.3. The van der Waals surface area contributed by atoms with E-state index < -0.39 is 0 Å². The summed E-state index contributed by atoms with van der Waals surface area (Å²) in [5.74, 6) is 0.364. The summed E-state index contributed by atoms with van der Waals surface area (Å²) in [7, 11) is 1.69. The Bertz CT molecular complexity index is 581. The van der Waals surface area contributed by atoms with Crippen LogP contribution in [-0.2, 0) is 13.6 Å². The van der Waals surface area contributed by atoms with Gasteiger partial charge < -0.3 is 14.6 Å². The van der Waals surface area contributed by atoms with E-state index >= 15 is 0 Å². The van der Waals surface area contributed by atoms with Crippen LogP contribution in [0.4, 0.5) is 5.82 Å². The zero-order valence-corrected chi connectivity index (χ0v) is 10.9. The number of nitrogens with zero attached hydrogens (tertiary/aromatic N) is 3. The van der Waals surface area contributed by atoms with Crippen LogP contribution in [0.5, 0.6) is 0 Å². The first-order valence-electron chi connectivity index (χ1n) is 6.13. The van der Waals surface area contributed by atoms with Crippen molar-refractivity contribution in [3.05, 3.63) is 58.6 Å². The fraction of sp³-hybridized carbons (Fsp3) is 0.286. The highest BCUT2D eigenvalue weighted by atomic mass is 16.3. The average Bonchev–Trinajstić information content (AvgIpc) is 2.43. The number of aliphatic hydroxyl groups excluding tert-OH is 1. The topological polar surface area (TPSA) is 58.4 Å². The van der Waals surface area contributed by atoms with Crippen LogP contribution in [0.2, 0.25) is 0 Å². The van der Waals surface area contributed by atoms with E-state index in [9.17, 15) is 4.79 Å². The summed E-state index contributed by atoms with van der Waals surface area (Å²) in [4.78, 5) is 18.0. The molecule has 0 bridgehead atoms. The van der Waals surface area contributed by atoms with Gasteiger partial charge in [0.15, 0.2) is 5.82 Å². The van der Waals surface area contributed by atoms with Crippen molar-refractivity contribution >= 4 is 5.82 Å². The molecule has 1 heterocycles. The van der Waals surface area contributed by atoms with Gasteiger partial charge in [-0.05, 0) is 5.56 Å². The van der Waals surface area contributed by atoms with Crippen LogP contribution >= 0.6 is 0 Å². The van der Waals surface area contributed by atoms with Crippen LogP contribution in [0.15, 0.2) is 47.5 Å². The van der Waals surface area contributed by atoms with E-state index in [1.54, 1.807) is 24.3 Å². The molecule has 0 aliphatic heterocycles. The van der Waals surface area contributed by atoms with Gasteiger partial charge in [-0.15, -0.1) is 0 Å². The highest BCUT2D eigenvalue weighted by molar-refractivity contribution is 5.37. The van der Waals surface area contributed by atoms with Crippen LogP contribution in [0.3, 0.4) is 0 Å². The summed E-state index contributed by atoms with van der Waals surface area (Å²) >= 11 is 0. The number of aromatic nitrogens is 2. The summed E-state index contributed by atoms with van der Waals surface area (Å²) in [6, 6.07) is 9.81. The molecule has 5 nitrogen and oxygen atoms in total. The fourth-order valence-electron chi connectivity index (χ4n) is 1.89. The Kier molecular flexibility index (Phi) is 4.30. The Morgan fingerprint density at radius 2 is 2.05 bits per heavy atom. The number of aliphatic hydroxyl groups is 1. The molecule has 1 aromatic heterocycles. The number of anilines is 1. The molecule has 1 N–H and O–H groups in total. The van der Waals surface area contributed by atoms with Crippen LogP contribution < -0.4 is 10.5 Å². The predicted octanol–water partition coefficient (Wildman–Crippen LogP) is 0.779. The highest BCUT2D eigenvalue weighted by Gasteiger charge is 2.12. The normalized spacial score (nSPS) is 10.4. The van der Waals surface area contributed by atoms with E-state index in [0.29, 0.717) is 18.9 Å². The van der Waals surface area contributed by atoms with Crippen LogP contribution in [0.1, 0.15) is 5.56 Å². The molecule has 2 rings (SSSR count). The van der Waals surface area contributed by atoms with E-state index in [1.807, 2.05) is 30.3 Å². The molecule has 100 valence electrons. The van der Waals surface area contributed by atoms with Gasteiger partial charge in [-0.1, -0.05) is 30.3 Å². The monoisotopic (exact) mass is 259 g/mol. The number of hydrogen-bond acceptors (Lipinski definition) is 4. The van der Waals surface area contributed by atoms with Gasteiger partial charge >= 0.3 is 0 Å². The van der Waals surface area contributed by atoms with Crippen LogP contribution in [0.25, 0.3) is 0 Å². The van der Waals surface area contributed by atoms with Crippen LogP contribution in [0, 0.1) is 0 Å². The van der Waals surface area contributed by atoms with Crippen molar-refractivity contribution in [1.82, 2.24) is 9.55 Å². The van der Waals surface area contributed by atoms with Gasteiger partial charge in [0, 0.05) is 32.5 Å². The Hall–Kier alpha value is -2.14.